The number of ether oxygens (including phenoxy) is 1. The minimum absolute atomic E-state index is 0.0300. The molecule has 0 N–H and O–H groups in total. The second-order valence-electron chi connectivity index (χ2n) is 2.39. The largest absolute Gasteiger partial charge is 0.496 e. The van der Waals surface area contributed by atoms with Gasteiger partial charge in [0.15, 0.2) is 0 Å². The quantitative estimate of drug-likeness (QED) is 0.542. The molecular formula is C9H7FO4. The van der Waals surface area contributed by atoms with Crippen LogP contribution in [-0.4, -0.2) is 18.9 Å². The van der Waals surface area contributed by atoms with Crippen molar-refractivity contribution in [3.8, 4) is 5.75 Å². The van der Waals surface area contributed by atoms with Crippen molar-refractivity contribution in [3.05, 3.63) is 29.8 Å². The fraction of sp³-hybridized carbons (Fsp3) is 0.111. The number of carbonyl (C=O) groups excluding carboxylic acids is 2. The molecule has 0 spiro atoms. The number of halogens is 1. The van der Waals surface area contributed by atoms with Gasteiger partial charge in [0.25, 0.3) is 5.78 Å². The number of Topliss-reactive ketones (excluding diaryl/α,β-unsaturated/α-hetero) is 1. The van der Waals surface area contributed by atoms with Crippen molar-refractivity contribution in [2.75, 3.05) is 7.11 Å². The highest BCUT2D eigenvalue weighted by Crippen LogP contribution is 2.18. The zero-order chi connectivity index (χ0) is 10.6. The van der Waals surface area contributed by atoms with Gasteiger partial charge in [0.1, 0.15) is 5.75 Å². The highest BCUT2D eigenvalue weighted by Gasteiger charge is 2.21. The van der Waals surface area contributed by atoms with Gasteiger partial charge in [-0.3, -0.25) is 4.79 Å². The van der Waals surface area contributed by atoms with Crippen molar-refractivity contribution in [2.24, 2.45) is 0 Å². The summed E-state index contributed by atoms with van der Waals surface area (Å²) in [6.07, 6.45) is 0. The lowest BCUT2D eigenvalue weighted by molar-refractivity contribution is -0.176. The van der Waals surface area contributed by atoms with Crippen molar-refractivity contribution in [1.82, 2.24) is 0 Å². The van der Waals surface area contributed by atoms with Gasteiger partial charge in [0.05, 0.1) is 12.7 Å². The summed E-state index contributed by atoms with van der Waals surface area (Å²) in [7, 11) is 1.34. The molecule has 1 rings (SSSR count). The molecule has 0 aromatic heterocycles. The normalized spacial score (nSPS) is 9.29. The number of methoxy groups -OCH3 is 1. The van der Waals surface area contributed by atoms with Crippen LogP contribution in [0.4, 0.5) is 4.53 Å². The van der Waals surface area contributed by atoms with Gasteiger partial charge in [-0.15, -0.1) is 0 Å². The van der Waals surface area contributed by atoms with E-state index in [1.807, 2.05) is 0 Å². The molecular weight excluding hydrogens is 191 g/mol. The summed E-state index contributed by atoms with van der Waals surface area (Å²) < 4.78 is 16.3. The maximum atomic E-state index is 11.4. The van der Waals surface area contributed by atoms with Crippen LogP contribution in [0.3, 0.4) is 0 Å². The zero-order valence-corrected chi connectivity index (χ0v) is 7.32. The number of benzene rings is 1. The lowest BCUT2D eigenvalue weighted by atomic mass is 10.1. The lowest BCUT2D eigenvalue weighted by Crippen LogP contribution is -2.15. The third-order valence-corrected chi connectivity index (χ3v) is 1.61. The van der Waals surface area contributed by atoms with E-state index < -0.39 is 11.8 Å². The predicted octanol–water partition coefficient (Wildman–Crippen LogP) is 1.31. The monoisotopic (exact) mass is 198 g/mol. The number of ketones is 1. The minimum Gasteiger partial charge on any atom is -0.496 e. The molecule has 0 aliphatic carbocycles. The molecule has 0 amide bonds. The van der Waals surface area contributed by atoms with Crippen molar-refractivity contribution in [1.29, 1.82) is 0 Å². The number of para-hydroxylation sites is 1. The van der Waals surface area contributed by atoms with E-state index in [0.29, 0.717) is 0 Å². The Morgan fingerprint density at radius 1 is 1.29 bits per heavy atom. The molecule has 0 saturated carbocycles. The Morgan fingerprint density at radius 2 is 1.93 bits per heavy atom. The summed E-state index contributed by atoms with van der Waals surface area (Å²) in [6, 6.07) is 5.98. The summed E-state index contributed by atoms with van der Waals surface area (Å²) in [6.45, 7) is 0. The van der Waals surface area contributed by atoms with E-state index in [1.54, 1.807) is 6.07 Å². The van der Waals surface area contributed by atoms with Gasteiger partial charge in [-0.2, -0.15) is 0 Å². The van der Waals surface area contributed by atoms with Crippen LogP contribution in [0.1, 0.15) is 10.4 Å². The average Bonchev–Trinajstić information content (AvgIpc) is 2.26. The fourth-order valence-corrected chi connectivity index (χ4v) is 0.977. The third-order valence-electron chi connectivity index (χ3n) is 1.61. The Morgan fingerprint density at radius 3 is 2.50 bits per heavy atom. The van der Waals surface area contributed by atoms with Crippen LogP contribution < -0.4 is 4.74 Å². The summed E-state index contributed by atoms with van der Waals surface area (Å²) in [5, 5.41) is 0. The van der Waals surface area contributed by atoms with Gasteiger partial charge in [0.2, 0.25) is 0 Å². The number of hydrogen-bond acceptors (Lipinski definition) is 4. The standard InChI is InChI=1S/C9H7FO4/c1-13-7-5-3-2-4-6(7)8(11)9(12)14-10/h2-5H,1H3. The Kier molecular flexibility index (Phi) is 3.17. The van der Waals surface area contributed by atoms with E-state index in [9.17, 15) is 14.1 Å². The second kappa shape index (κ2) is 4.36. The van der Waals surface area contributed by atoms with Crippen molar-refractivity contribution in [3.63, 3.8) is 0 Å². The van der Waals surface area contributed by atoms with E-state index in [1.165, 1.54) is 25.3 Å². The predicted molar refractivity (Wildman–Crippen MR) is 44.5 cm³/mol. The Balaban J connectivity index is 3.06. The lowest BCUT2D eigenvalue weighted by Gasteiger charge is -2.03. The zero-order valence-electron chi connectivity index (χ0n) is 7.32. The topological polar surface area (TPSA) is 52.6 Å². The van der Waals surface area contributed by atoms with E-state index in [-0.39, 0.29) is 11.3 Å². The van der Waals surface area contributed by atoms with E-state index in [4.69, 9.17) is 4.74 Å². The van der Waals surface area contributed by atoms with Gasteiger partial charge in [-0.1, -0.05) is 12.1 Å². The molecule has 14 heavy (non-hydrogen) atoms. The maximum absolute atomic E-state index is 11.4. The molecule has 0 atom stereocenters. The molecule has 0 aliphatic heterocycles. The van der Waals surface area contributed by atoms with Gasteiger partial charge >= 0.3 is 5.97 Å². The maximum Gasteiger partial charge on any atom is 0.419 e. The van der Waals surface area contributed by atoms with Crippen molar-refractivity contribution in [2.45, 2.75) is 0 Å². The number of hydrogen-bond donors (Lipinski definition) is 0. The van der Waals surface area contributed by atoms with Crippen LogP contribution in [0.25, 0.3) is 0 Å². The first kappa shape index (κ1) is 10.2. The summed E-state index contributed by atoms with van der Waals surface area (Å²) in [4.78, 5) is 24.6. The average molecular weight is 198 g/mol. The second-order valence-corrected chi connectivity index (χ2v) is 2.39. The van der Waals surface area contributed by atoms with Gasteiger partial charge in [0, 0.05) is 4.53 Å². The van der Waals surface area contributed by atoms with Crippen LogP contribution in [0.5, 0.6) is 5.75 Å². The first-order chi connectivity index (χ1) is 6.70. The molecule has 74 valence electrons. The molecule has 4 nitrogen and oxygen atoms in total. The Bertz CT molecular complexity index is 362. The highest BCUT2D eigenvalue weighted by atomic mass is 19.3. The highest BCUT2D eigenvalue weighted by molar-refractivity contribution is 6.41. The van der Waals surface area contributed by atoms with Gasteiger partial charge in [-0.05, 0) is 12.1 Å². The van der Waals surface area contributed by atoms with E-state index >= 15 is 0 Å². The molecule has 0 aliphatic rings. The summed E-state index contributed by atoms with van der Waals surface area (Å²) in [5.41, 5.74) is -0.0300. The molecule has 5 heteroatoms. The Labute approximate surface area is 79.1 Å². The van der Waals surface area contributed by atoms with Gasteiger partial charge < -0.3 is 4.74 Å². The SMILES string of the molecule is COc1ccccc1C(=O)C(=O)OF. The minimum atomic E-state index is -1.56. The summed E-state index contributed by atoms with van der Waals surface area (Å²) >= 11 is 0. The molecule has 0 heterocycles. The van der Waals surface area contributed by atoms with Gasteiger partial charge in [-0.25, -0.2) is 9.74 Å². The number of carbonyl (C=O) groups is 2. The molecule has 0 radical (unpaired) electrons. The number of rotatable bonds is 3. The van der Waals surface area contributed by atoms with Crippen LogP contribution in [0, 0.1) is 0 Å². The van der Waals surface area contributed by atoms with E-state index in [2.05, 4.69) is 4.94 Å². The van der Waals surface area contributed by atoms with Crippen LogP contribution >= 0.6 is 0 Å². The summed E-state index contributed by atoms with van der Waals surface area (Å²) in [5.74, 6) is -2.44. The molecule has 1 aromatic carbocycles. The molecule has 0 saturated heterocycles. The van der Waals surface area contributed by atoms with E-state index in [0.717, 1.165) is 0 Å². The van der Waals surface area contributed by atoms with Crippen LogP contribution in [0.2, 0.25) is 0 Å². The Hall–Kier alpha value is -1.91. The van der Waals surface area contributed by atoms with Crippen LogP contribution in [0.15, 0.2) is 24.3 Å². The molecule has 0 unspecified atom stereocenters. The first-order valence-corrected chi connectivity index (χ1v) is 3.71. The first-order valence-electron chi connectivity index (χ1n) is 3.71. The molecule has 0 bridgehead atoms. The van der Waals surface area contributed by atoms with Crippen molar-refractivity contribution >= 4 is 11.8 Å². The van der Waals surface area contributed by atoms with Crippen LogP contribution in [-0.2, 0) is 9.74 Å². The fourth-order valence-electron chi connectivity index (χ4n) is 0.977. The molecule has 0 fully saturated rings. The molecule has 1 aromatic rings. The smallest absolute Gasteiger partial charge is 0.419 e. The van der Waals surface area contributed by atoms with Crippen molar-refractivity contribution < 1.29 is 23.8 Å². The third kappa shape index (κ3) is 1.87.